The smallest absolute Gasteiger partial charge is 0.307 e. The molecule has 1 atom stereocenters. The van der Waals surface area contributed by atoms with Crippen LogP contribution in [0.25, 0.3) is 0 Å². The average molecular weight is 250 g/mol. The monoisotopic (exact) mass is 250 g/mol. The molecule has 0 aromatic carbocycles. The molecule has 0 aliphatic carbocycles. The first-order chi connectivity index (χ1) is 8.56. The van der Waals surface area contributed by atoms with Crippen LogP contribution in [-0.4, -0.2) is 46.0 Å². The normalized spacial score (nSPS) is 20.8. The SMILES string of the molecule is Cn1ccc(C(=O)CN2CCCC(C(=O)O)C2)c1. The maximum Gasteiger partial charge on any atom is 0.307 e. The van der Waals surface area contributed by atoms with Crippen LogP contribution in [0.15, 0.2) is 18.5 Å². The zero-order valence-corrected chi connectivity index (χ0v) is 10.5. The van der Waals surface area contributed by atoms with Gasteiger partial charge in [-0.25, -0.2) is 0 Å². The van der Waals surface area contributed by atoms with Crippen molar-refractivity contribution in [3.05, 3.63) is 24.0 Å². The molecule has 98 valence electrons. The molecule has 0 radical (unpaired) electrons. The van der Waals surface area contributed by atoms with E-state index >= 15 is 0 Å². The average Bonchev–Trinajstić information content (AvgIpc) is 2.76. The fourth-order valence-corrected chi connectivity index (χ4v) is 2.36. The Balaban J connectivity index is 1.93. The van der Waals surface area contributed by atoms with Crippen molar-refractivity contribution >= 4 is 11.8 Å². The zero-order chi connectivity index (χ0) is 13.1. The third kappa shape index (κ3) is 2.98. The summed E-state index contributed by atoms with van der Waals surface area (Å²) in [6.07, 6.45) is 5.19. The van der Waals surface area contributed by atoms with Crippen molar-refractivity contribution in [3.8, 4) is 0 Å². The van der Waals surface area contributed by atoms with Gasteiger partial charge in [0.15, 0.2) is 5.78 Å². The summed E-state index contributed by atoms with van der Waals surface area (Å²) in [7, 11) is 1.87. The van der Waals surface area contributed by atoms with E-state index in [1.165, 1.54) is 0 Å². The van der Waals surface area contributed by atoms with E-state index in [9.17, 15) is 9.59 Å². The molecule has 5 nitrogen and oxygen atoms in total. The molecule has 5 heteroatoms. The lowest BCUT2D eigenvalue weighted by molar-refractivity contribution is -0.143. The number of aromatic nitrogens is 1. The van der Waals surface area contributed by atoms with E-state index in [0.29, 0.717) is 25.1 Å². The summed E-state index contributed by atoms with van der Waals surface area (Å²) in [6, 6.07) is 1.79. The maximum atomic E-state index is 12.0. The molecule has 0 amide bonds. The van der Waals surface area contributed by atoms with Gasteiger partial charge < -0.3 is 9.67 Å². The van der Waals surface area contributed by atoms with Gasteiger partial charge in [0.1, 0.15) is 0 Å². The lowest BCUT2D eigenvalue weighted by Crippen LogP contribution is -2.41. The van der Waals surface area contributed by atoms with Crippen molar-refractivity contribution in [1.29, 1.82) is 0 Å². The Morgan fingerprint density at radius 1 is 1.50 bits per heavy atom. The summed E-state index contributed by atoms with van der Waals surface area (Å²) in [5.41, 5.74) is 0.690. The summed E-state index contributed by atoms with van der Waals surface area (Å²) in [6.45, 7) is 1.60. The van der Waals surface area contributed by atoms with Gasteiger partial charge >= 0.3 is 5.97 Å². The molecule has 1 aliphatic rings. The van der Waals surface area contributed by atoms with E-state index in [0.717, 1.165) is 13.0 Å². The van der Waals surface area contributed by atoms with Crippen LogP contribution >= 0.6 is 0 Å². The van der Waals surface area contributed by atoms with Gasteiger partial charge in [-0.15, -0.1) is 0 Å². The molecule has 1 fully saturated rings. The predicted octanol–water partition coefficient (Wildman–Crippen LogP) is 1.00. The molecule has 0 spiro atoms. The molecule has 0 saturated carbocycles. The molecule has 1 aromatic rings. The number of carboxylic acids is 1. The summed E-state index contributed by atoms with van der Waals surface area (Å²) < 4.78 is 1.84. The number of carbonyl (C=O) groups excluding carboxylic acids is 1. The van der Waals surface area contributed by atoms with Gasteiger partial charge in [-0.3, -0.25) is 14.5 Å². The number of Topliss-reactive ketones (excluding diaryl/α,β-unsaturated/α-hetero) is 1. The number of aryl methyl sites for hydroxylation is 1. The van der Waals surface area contributed by atoms with Gasteiger partial charge in [0, 0.05) is 31.5 Å². The number of aliphatic carboxylic acids is 1. The highest BCUT2D eigenvalue weighted by Crippen LogP contribution is 2.17. The highest BCUT2D eigenvalue weighted by atomic mass is 16.4. The summed E-state index contributed by atoms with van der Waals surface area (Å²) in [4.78, 5) is 24.9. The number of ketones is 1. The van der Waals surface area contributed by atoms with Crippen molar-refractivity contribution in [1.82, 2.24) is 9.47 Å². The van der Waals surface area contributed by atoms with Crippen molar-refractivity contribution < 1.29 is 14.7 Å². The minimum atomic E-state index is -0.758. The van der Waals surface area contributed by atoms with Crippen LogP contribution in [0.1, 0.15) is 23.2 Å². The number of nitrogens with zero attached hydrogens (tertiary/aromatic N) is 2. The molecule has 2 heterocycles. The number of hydrogen-bond donors (Lipinski definition) is 1. The fourth-order valence-electron chi connectivity index (χ4n) is 2.36. The van der Waals surface area contributed by atoms with E-state index in [2.05, 4.69) is 0 Å². The largest absolute Gasteiger partial charge is 0.481 e. The fraction of sp³-hybridized carbons (Fsp3) is 0.538. The van der Waals surface area contributed by atoms with Gasteiger partial charge in [-0.2, -0.15) is 0 Å². The lowest BCUT2D eigenvalue weighted by Gasteiger charge is -2.29. The molecule has 1 unspecified atom stereocenters. The van der Waals surface area contributed by atoms with Crippen molar-refractivity contribution in [2.75, 3.05) is 19.6 Å². The van der Waals surface area contributed by atoms with E-state index in [1.807, 2.05) is 22.7 Å². The Morgan fingerprint density at radius 3 is 2.89 bits per heavy atom. The van der Waals surface area contributed by atoms with Crippen molar-refractivity contribution in [2.45, 2.75) is 12.8 Å². The second-order valence-corrected chi connectivity index (χ2v) is 4.90. The van der Waals surface area contributed by atoms with Gasteiger partial charge in [0.25, 0.3) is 0 Å². The van der Waals surface area contributed by atoms with E-state index < -0.39 is 5.97 Å². The van der Waals surface area contributed by atoms with Crippen molar-refractivity contribution in [2.24, 2.45) is 13.0 Å². The Kier molecular flexibility index (Phi) is 3.81. The molecule has 1 aromatic heterocycles. The predicted molar refractivity (Wildman–Crippen MR) is 66.5 cm³/mol. The van der Waals surface area contributed by atoms with E-state index in [-0.39, 0.29) is 11.7 Å². The van der Waals surface area contributed by atoms with Gasteiger partial charge in [0.2, 0.25) is 0 Å². The Labute approximate surface area is 106 Å². The first-order valence-corrected chi connectivity index (χ1v) is 6.16. The standard InChI is InChI=1S/C13H18N2O3/c1-14-6-4-10(7-14)12(16)9-15-5-2-3-11(8-15)13(17)18/h4,6-7,11H,2-3,5,8-9H2,1H3,(H,17,18). The third-order valence-electron chi connectivity index (χ3n) is 3.38. The number of likely N-dealkylation sites (tertiary alicyclic amines) is 1. The lowest BCUT2D eigenvalue weighted by atomic mass is 9.98. The van der Waals surface area contributed by atoms with Crippen LogP contribution < -0.4 is 0 Å². The topological polar surface area (TPSA) is 62.5 Å². The van der Waals surface area contributed by atoms with Crippen LogP contribution in [0.4, 0.5) is 0 Å². The molecule has 2 rings (SSSR count). The molecule has 0 bridgehead atoms. The molecular formula is C13H18N2O3. The van der Waals surface area contributed by atoms with Gasteiger partial charge in [-0.05, 0) is 25.5 Å². The quantitative estimate of drug-likeness (QED) is 0.810. The van der Waals surface area contributed by atoms with Crippen molar-refractivity contribution in [3.63, 3.8) is 0 Å². The minimum Gasteiger partial charge on any atom is -0.481 e. The minimum absolute atomic E-state index is 0.0571. The number of piperidine rings is 1. The highest BCUT2D eigenvalue weighted by Gasteiger charge is 2.26. The van der Waals surface area contributed by atoms with Gasteiger partial charge in [-0.1, -0.05) is 0 Å². The highest BCUT2D eigenvalue weighted by molar-refractivity contribution is 5.97. The first kappa shape index (κ1) is 12.8. The van der Waals surface area contributed by atoms with Crippen LogP contribution in [0.3, 0.4) is 0 Å². The zero-order valence-electron chi connectivity index (χ0n) is 10.5. The van der Waals surface area contributed by atoms with Crippen LogP contribution in [0, 0.1) is 5.92 Å². The number of carboxylic acid groups (broad SMARTS) is 1. The summed E-state index contributed by atoms with van der Waals surface area (Å²) in [5, 5.41) is 9.00. The number of carbonyl (C=O) groups is 2. The molecule has 1 saturated heterocycles. The Morgan fingerprint density at radius 2 is 2.28 bits per heavy atom. The maximum absolute atomic E-state index is 12.0. The second kappa shape index (κ2) is 5.35. The number of rotatable bonds is 4. The summed E-state index contributed by atoms with van der Waals surface area (Å²) >= 11 is 0. The molecule has 1 N–H and O–H groups in total. The third-order valence-corrected chi connectivity index (χ3v) is 3.38. The summed E-state index contributed by atoms with van der Waals surface area (Å²) in [5.74, 6) is -1.03. The van der Waals surface area contributed by atoms with Crippen LogP contribution in [-0.2, 0) is 11.8 Å². The molecular weight excluding hydrogens is 232 g/mol. The molecule has 18 heavy (non-hydrogen) atoms. The van der Waals surface area contributed by atoms with Gasteiger partial charge in [0.05, 0.1) is 12.5 Å². The Bertz CT molecular complexity index is 453. The Hall–Kier alpha value is -1.62. The molecule has 1 aliphatic heterocycles. The van der Waals surface area contributed by atoms with E-state index in [4.69, 9.17) is 5.11 Å². The first-order valence-electron chi connectivity index (χ1n) is 6.16. The second-order valence-electron chi connectivity index (χ2n) is 4.90. The van der Waals surface area contributed by atoms with Crippen LogP contribution in [0.5, 0.6) is 0 Å². The number of hydrogen-bond acceptors (Lipinski definition) is 3. The van der Waals surface area contributed by atoms with Crippen LogP contribution in [0.2, 0.25) is 0 Å². The van der Waals surface area contributed by atoms with E-state index in [1.54, 1.807) is 12.3 Å².